The Morgan fingerprint density at radius 1 is 1.38 bits per heavy atom. The van der Waals surface area contributed by atoms with Crippen LogP contribution < -0.4 is 0 Å². The van der Waals surface area contributed by atoms with Gasteiger partial charge in [0.2, 0.25) is 0 Å². The number of hydrogen-bond donors (Lipinski definition) is 1. The number of carbonyl (C=O) groups is 1. The molecule has 4 nitrogen and oxygen atoms in total. The van der Waals surface area contributed by atoms with Gasteiger partial charge in [0, 0.05) is 41.3 Å². The van der Waals surface area contributed by atoms with E-state index < -0.39 is 12.0 Å². The van der Waals surface area contributed by atoms with Crippen LogP contribution in [0.15, 0.2) is 18.2 Å². The summed E-state index contributed by atoms with van der Waals surface area (Å²) in [6, 6.07) is 4.65. The molecule has 0 spiro atoms. The molecule has 0 saturated carbocycles. The average molecular weight is 331 g/mol. The molecule has 1 aliphatic heterocycles. The molecule has 2 atom stereocenters. The molecule has 0 amide bonds. The highest BCUT2D eigenvalue weighted by molar-refractivity contribution is 6.36. The van der Waals surface area contributed by atoms with Crippen LogP contribution in [0.5, 0.6) is 0 Å². The van der Waals surface area contributed by atoms with Crippen LogP contribution in [0, 0.1) is 0 Å². The third kappa shape index (κ3) is 3.51. The second-order valence-electron chi connectivity index (χ2n) is 5.41. The van der Waals surface area contributed by atoms with Gasteiger partial charge >= 0.3 is 5.97 Å². The van der Waals surface area contributed by atoms with E-state index in [4.69, 9.17) is 23.2 Å². The van der Waals surface area contributed by atoms with Crippen LogP contribution >= 0.6 is 23.2 Å². The van der Waals surface area contributed by atoms with Gasteiger partial charge in [-0.25, -0.2) is 0 Å². The fourth-order valence-corrected chi connectivity index (χ4v) is 3.48. The molecule has 1 heterocycles. The minimum absolute atomic E-state index is 0.349. The van der Waals surface area contributed by atoms with Crippen molar-refractivity contribution in [3.8, 4) is 0 Å². The molecule has 1 aromatic carbocycles. The van der Waals surface area contributed by atoms with Crippen molar-refractivity contribution in [2.24, 2.45) is 0 Å². The van der Waals surface area contributed by atoms with Crippen molar-refractivity contribution in [3.63, 3.8) is 0 Å². The highest BCUT2D eigenvalue weighted by atomic mass is 35.5. The van der Waals surface area contributed by atoms with Crippen LogP contribution in [0.2, 0.25) is 10.0 Å². The Hall–Kier alpha value is -0.810. The maximum absolute atomic E-state index is 11.8. The Morgan fingerprint density at radius 3 is 2.52 bits per heavy atom. The number of halogens is 2. The lowest BCUT2D eigenvalue weighted by Gasteiger charge is -2.41. The Morgan fingerprint density at radius 2 is 2.00 bits per heavy atom. The first-order chi connectivity index (χ1) is 9.95. The zero-order valence-corrected chi connectivity index (χ0v) is 13.7. The summed E-state index contributed by atoms with van der Waals surface area (Å²) in [6.45, 7) is 4.34. The SMILES string of the molecule is CCC1CN(C(C(=O)O)c2c(Cl)cccc2Cl)CCN1C. The monoisotopic (exact) mass is 330 g/mol. The van der Waals surface area contributed by atoms with E-state index >= 15 is 0 Å². The number of carboxylic acid groups (broad SMARTS) is 1. The van der Waals surface area contributed by atoms with E-state index in [0.29, 0.717) is 34.7 Å². The predicted octanol–water partition coefficient (Wildman–Crippen LogP) is 3.15. The Balaban J connectivity index is 2.34. The lowest BCUT2D eigenvalue weighted by molar-refractivity contribution is -0.144. The van der Waals surface area contributed by atoms with Gasteiger partial charge in [-0.3, -0.25) is 9.69 Å². The lowest BCUT2D eigenvalue weighted by atomic mass is 10.0. The fourth-order valence-electron chi connectivity index (χ4n) is 2.88. The maximum Gasteiger partial charge on any atom is 0.325 e. The molecule has 0 aromatic heterocycles. The maximum atomic E-state index is 11.8. The number of likely N-dealkylation sites (N-methyl/N-ethyl adjacent to an activating group) is 1. The van der Waals surface area contributed by atoms with Gasteiger partial charge in [0.1, 0.15) is 6.04 Å². The van der Waals surface area contributed by atoms with Crippen molar-refractivity contribution >= 4 is 29.2 Å². The highest BCUT2D eigenvalue weighted by Gasteiger charge is 2.35. The lowest BCUT2D eigenvalue weighted by Crippen LogP contribution is -2.53. The molecule has 1 aliphatic rings. The van der Waals surface area contributed by atoms with Gasteiger partial charge in [0.05, 0.1) is 0 Å². The number of carboxylic acids is 1. The van der Waals surface area contributed by atoms with E-state index in [-0.39, 0.29) is 0 Å². The number of piperazine rings is 1. The molecular formula is C15H20Cl2N2O2. The Kier molecular flexibility index (Phi) is 5.49. The van der Waals surface area contributed by atoms with Crippen molar-refractivity contribution in [2.75, 3.05) is 26.7 Å². The molecule has 1 fully saturated rings. The largest absolute Gasteiger partial charge is 0.480 e. The zero-order valence-electron chi connectivity index (χ0n) is 12.2. The molecule has 1 saturated heterocycles. The number of rotatable bonds is 4. The molecule has 0 aliphatic carbocycles. The van der Waals surface area contributed by atoms with E-state index in [1.165, 1.54) is 0 Å². The summed E-state index contributed by atoms with van der Waals surface area (Å²) in [5.74, 6) is -0.913. The molecular weight excluding hydrogens is 311 g/mol. The first kappa shape index (κ1) is 16.6. The van der Waals surface area contributed by atoms with E-state index in [1.807, 2.05) is 4.90 Å². The van der Waals surface area contributed by atoms with Crippen LogP contribution in [0.3, 0.4) is 0 Å². The molecule has 1 aromatic rings. The Bertz CT molecular complexity index is 504. The molecule has 116 valence electrons. The van der Waals surface area contributed by atoms with Crippen molar-refractivity contribution in [3.05, 3.63) is 33.8 Å². The van der Waals surface area contributed by atoms with Crippen LogP contribution in [-0.2, 0) is 4.79 Å². The second-order valence-corrected chi connectivity index (χ2v) is 6.23. The van der Waals surface area contributed by atoms with Gasteiger partial charge < -0.3 is 10.0 Å². The highest BCUT2D eigenvalue weighted by Crippen LogP contribution is 2.35. The van der Waals surface area contributed by atoms with E-state index in [9.17, 15) is 9.90 Å². The number of hydrogen-bond acceptors (Lipinski definition) is 3. The van der Waals surface area contributed by atoms with E-state index in [2.05, 4.69) is 18.9 Å². The smallest absolute Gasteiger partial charge is 0.325 e. The first-order valence-electron chi connectivity index (χ1n) is 7.06. The normalized spacial score (nSPS) is 22.2. The molecule has 21 heavy (non-hydrogen) atoms. The van der Waals surface area contributed by atoms with Gasteiger partial charge in [0.15, 0.2) is 0 Å². The summed E-state index contributed by atoms with van der Waals surface area (Å²) >= 11 is 12.4. The molecule has 0 radical (unpaired) electrons. The summed E-state index contributed by atoms with van der Waals surface area (Å²) in [6.07, 6.45) is 0.982. The van der Waals surface area contributed by atoms with Gasteiger partial charge in [-0.1, -0.05) is 36.2 Å². The van der Waals surface area contributed by atoms with Gasteiger partial charge in [-0.05, 0) is 25.6 Å². The molecule has 1 N–H and O–H groups in total. The van der Waals surface area contributed by atoms with Crippen molar-refractivity contribution in [1.29, 1.82) is 0 Å². The third-order valence-corrected chi connectivity index (χ3v) is 4.81. The first-order valence-corrected chi connectivity index (χ1v) is 7.82. The molecule has 0 bridgehead atoms. The minimum atomic E-state index is -0.913. The van der Waals surface area contributed by atoms with Gasteiger partial charge in [-0.2, -0.15) is 0 Å². The van der Waals surface area contributed by atoms with Gasteiger partial charge in [-0.15, -0.1) is 0 Å². The summed E-state index contributed by atoms with van der Waals surface area (Å²) in [7, 11) is 2.07. The summed E-state index contributed by atoms with van der Waals surface area (Å²) in [5, 5.41) is 10.5. The average Bonchev–Trinajstić information content (AvgIpc) is 2.43. The quantitative estimate of drug-likeness (QED) is 0.921. The predicted molar refractivity (Wildman–Crippen MR) is 85.1 cm³/mol. The van der Waals surface area contributed by atoms with Crippen molar-refractivity contribution < 1.29 is 9.90 Å². The standard InChI is InChI=1S/C15H20Cl2N2O2/c1-3-10-9-19(8-7-18(10)2)14(15(20)21)13-11(16)5-4-6-12(13)17/h4-6,10,14H,3,7-9H2,1-2H3,(H,20,21). The Labute approximate surface area is 135 Å². The fraction of sp³-hybridized carbons (Fsp3) is 0.533. The van der Waals surface area contributed by atoms with Crippen LogP contribution in [0.1, 0.15) is 24.9 Å². The van der Waals surface area contributed by atoms with E-state index in [0.717, 1.165) is 13.0 Å². The number of benzene rings is 1. The summed E-state index contributed by atoms with van der Waals surface area (Å²) in [5.41, 5.74) is 0.493. The summed E-state index contributed by atoms with van der Waals surface area (Å²) < 4.78 is 0. The van der Waals surface area contributed by atoms with E-state index in [1.54, 1.807) is 18.2 Å². The number of nitrogens with zero attached hydrogens (tertiary/aromatic N) is 2. The van der Waals surface area contributed by atoms with Crippen LogP contribution in [0.4, 0.5) is 0 Å². The molecule has 6 heteroatoms. The van der Waals surface area contributed by atoms with Crippen LogP contribution in [0.25, 0.3) is 0 Å². The molecule has 2 rings (SSSR count). The number of aliphatic carboxylic acids is 1. The second kappa shape index (κ2) is 6.97. The zero-order chi connectivity index (χ0) is 15.6. The third-order valence-electron chi connectivity index (χ3n) is 4.15. The minimum Gasteiger partial charge on any atom is -0.480 e. The summed E-state index contributed by atoms with van der Waals surface area (Å²) in [4.78, 5) is 16.0. The van der Waals surface area contributed by atoms with Crippen molar-refractivity contribution in [2.45, 2.75) is 25.4 Å². The van der Waals surface area contributed by atoms with Crippen LogP contribution in [-0.4, -0.2) is 53.6 Å². The van der Waals surface area contributed by atoms with Gasteiger partial charge in [0.25, 0.3) is 0 Å². The molecule has 2 unspecified atom stereocenters. The van der Waals surface area contributed by atoms with Crippen molar-refractivity contribution in [1.82, 2.24) is 9.80 Å². The topological polar surface area (TPSA) is 43.8 Å².